The second kappa shape index (κ2) is 5.83. The number of halogens is 1. The Bertz CT molecular complexity index is 453. The molecule has 1 aromatic carbocycles. The Morgan fingerprint density at radius 1 is 1.56 bits per heavy atom. The van der Waals surface area contributed by atoms with Crippen LogP contribution in [0.5, 0.6) is 0 Å². The van der Waals surface area contributed by atoms with Gasteiger partial charge >= 0.3 is 0 Å². The highest BCUT2D eigenvalue weighted by Gasteiger charge is 2.19. The Balaban J connectivity index is 2.05. The summed E-state index contributed by atoms with van der Waals surface area (Å²) in [7, 11) is 0. The van der Waals surface area contributed by atoms with Crippen LogP contribution in [0.25, 0.3) is 0 Å². The maximum atomic E-state index is 10.7. The number of nitro benzene ring substituents is 1. The number of rotatable bonds is 3. The van der Waals surface area contributed by atoms with Crippen molar-refractivity contribution in [3.8, 4) is 0 Å². The topological polar surface area (TPSA) is 67.2 Å². The van der Waals surface area contributed by atoms with Crippen molar-refractivity contribution in [1.82, 2.24) is 5.32 Å². The fraction of sp³-hybridized carbons (Fsp3) is 0.500. The molecule has 0 aromatic heterocycles. The third kappa shape index (κ3) is 3.32. The predicted octanol–water partition coefficient (Wildman–Crippen LogP) is 2.75. The van der Waals surface area contributed by atoms with E-state index in [0.29, 0.717) is 15.7 Å². The van der Waals surface area contributed by atoms with E-state index in [2.05, 4.69) is 17.6 Å². The van der Waals surface area contributed by atoms with Crippen LogP contribution in [-0.2, 0) is 0 Å². The van der Waals surface area contributed by atoms with E-state index in [9.17, 15) is 10.1 Å². The van der Waals surface area contributed by atoms with Crippen LogP contribution in [0.4, 0.5) is 11.4 Å². The summed E-state index contributed by atoms with van der Waals surface area (Å²) in [5.41, 5.74) is 1.13. The van der Waals surface area contributed by atoms with Gasteiger partial charge < -0.3 is 10.6 Å². The molecule has 2 unspecified atom stereocenters. The van der Waals surface area contributed by atoms with Crippen molar-refractivity contribution in [3.63, 3.8) is 0 Å². The minimum atomic E-state index is -0.349. The maximum Gasteiger partial charge on any atom is 0.282 e. The van der Waals surface area contributed by atoms with Gasteiger partial charge in [-0.2, -0.15) is 0 Å². The Hall–Kier alpha value is -0.890. The summed E-state index contributed by atoms with van der Waals surface area (Å²) >= 11 is 2.01. The molecule has 0 bridgehead atoms. The maximum absolute atomic E-state index is 10.7. The van der Waals surface area contributed by atoms with Crippen molar-refractivity contribution >= 4 is 34.0 Å². The van der Waals surface area contributed by atoms with Gasteiger partial charge in [0, 0.05) is 23.8 Å². The van der Waals surface area contributed by atoms with E-state index < -0.39 is 0 Å². The lowest BCUT2D eigenvalue weighted by molar-refractivity contribution is -0.385. The molecule has 6 heteroatoms. The number of nitrogens with zero attached hydrogens (tertiary/aromatic N) is 1. The molecule has 0 amide bonds. The summed E-state index contributed by atoms with van der Waals surface area (Å²) in [4.78, 5) is 10.4. The summed E-state index contributed by atoms with van der Waals surface area (Å²) in [6.07, 6.45) is 2.16. The fourth-order valence-electron chi connectivity index (χ4n) is 2.24. The number of hydrogen-bond acceptors (Lipinski definition) is 4. The summed E-state index contributed by atoms with van der Waals surface area (Å²) in [6, 6.07) is 6.15. The van der Waals surface area contributed by atoms with Crippen molar-refractivity contribution in [2.24, 2.45) is 0 Å². The fourth-order valence-corrected chi connectivity index (χ4v) is 2.96. The number of anilines is 1. The van der Waals surface area contributed by atoms with Crippen LogP contribution < -0.4 is 10.6 Å². The van der Waals surface area contributed by atoms with E-state index in [-0.39, 0.29) is 10.6 Å². The minimum absolute atomic E-state index is 0.167. The first-order valence-electron chi connectivity index (χ1n) is 6.00. The number of nitro groups is 1. The third-order valence-electron chi connectivity index (χ3n) is 3.14. The van der Waals surface area contributed by atoms with E-state index in [1.807, 2.05) is 28.7 Å². The number of piperidine rings is 1. The van der Waals surface area contributed by atoms with Crippen LogP contribution >= 0.6 is 22.6 Å². The van der Waals surface area contributed by atoms with E-state index in [1.54, 1.807) is 12.1 Å². The predicted molar refractivity (Wildman–Crippen MR) is 79.9 cm³/mol. The van der Waals surface area contributed by atoms with Gasteiger partial charge in [0.05, 0.1) is 8.49 Å². The van der Waals surface area contributed by atoms with Gasteiger partial charge in [0.25, 0.3) is 5.69 Å². The molecule has 2 rings (SSSR count). The van der Waals surface area contributed by atoms with E-state index in [1.165, 1.54) is 0 Å². The van der Waals surface area contributed by atoms with Gasteiger partial charge in [0.1, 0.15) is 0 Å². The second-order valence-electron chi connectivity index (χ2n) is 4.64. The van der Waals surface area contributed by atoms with Crippen LogP contribution in [0.1, 0.15) is 19.8 Å². The SMILES string of the molecule is CC1CC(Nc2ccc([N+](=O)[O-])c(I)c2)CCN1. The molecule has 1 aromatic rings. The average molecular weight is 361 g/mol. The molecule has 1 saturated heterocycles. The van der Waals surface area contributed by atoms with Gasteiger partial charge in [-0.15, -0.1) is 0 Å². The molecule has 2 N–H and O–H groups in total. The Morgan fingerprint density at radius 3 is 2.94 bits per heavy atom. The van der Waals surface area contributed by atoms with Crippen molar-refractivity contribution in [2.75, 3.05) is 11.9 Å². The largest absolute Gasteiger partial charge is 0.382 e. The summed E-state index contributed by atoms with van der Waals surface area (Å²) < 4.78 is 0.671. The van der Waals surface area contributed by atoms with Gasteiger partial charge in [-0.3, -0.25) is 10.1 Å². The second-order valence-corrected chi connectivity index (χ2v) is 5.81. The first kappa shape index (κ1) is 13.5. The van der Waals surface area contributed by atoms with Crippen LogP contribution in [0, 0.1) is 13.7 Å². The van der Waals surface area contributed by atoms with Gasteiger partial charge in [0.15, 0.2) is 0 Å². The first-order valence-corrected chi connectivity index (χ1v) is 7.08. The van der Waals surface area contributed by atoms with Gasteiger partial charge in [-0.1, -0.05) is 0 Å². The molecular weight excluding hydrogens is 345 g/mol. The van der Waals surface area contributed by atoms with Crippen LogP contribution in [-0.4, -0.2) is 23.6 Å². The van der Waals surface area contributed by atoms with Crippen LogP contribution in [0.15, 0.2) is 18.2 Å². The summed E-state index contributed by atoms with van der Waals surface area (Å²) in [6.45, 7) is 3.19. The van der Waals surface area contributed by atoms with Gasteiger partial charge in [-0.25, -0.2) is 0 Å². The molecule has 1 fully saturated rings. The molecule has 1 aliphatic rings. The van der Waals surface area contributed by atoms with E-state index >= 15 is 0 Å². The van der Waals surface area contributed by atoms with Crippen LogP contribution in [0.3, 0.4) is 0 Å². The standard InChI is InChI=1S/C12H16IN3O2/c1-8-6-10(4-5-14-8)15-9-2-3-12(16(17)18)11(13)7-9/h2-3,7-8,10,14-15H,4-6H2,1H3. The first-order chi connectivity index (χ1) is 8.56. The summed E-state index contributed by atoms with van der Waals surface area (Å²) in [5, 5.41) is 17.6. The quantitative estimate of drug-likeness (QED) is 0.494. The Labute approximate surface area is 120 Å². The molecule has 0 radical (unpaired) electrons. The van der Waals surface area contributed by atoms with Crippen molar-refractivity contribution in [1.29, 1.82) is 0 Å². The normalized spacial score (nSPS) is 23.7. The molecule has 1 heterocycles. The number of benzene rings is 1. The van der Waals surface area contributed by atoms with Crippen molar-refractivity contribution < 1.29 is 4.92 Å². The zero-order valence-electron chi connectivity index (χ0n) is 10.1. The molecule has 0 saturated carbocycles. The van der Waals surface area contributed by atoms with Crippen molar-refractivity contribution in [2.45, 2.75) is 31.8 Å². The highest BCUT2D eigenvalue weighted by Crippen LogP contribution is 2.25. The highest BCUT2D eigenvalue weighted by atomic mass is 127. The Morgan fingerprint density at radius 2 is 2.33 bits per heavy atom. The van der Waals surface area contributed by atoms with Crippen molar-refractivity contribution in [3.05, 3.63) is 31.9 Å². The molecule has 0 spiro atoms. The smallest absolute Gasteiger partial charge is 0.282 e. The number of hydrogen-bond donors (Lipinski definition) is 2. The minimum Gasteiger partial charge on any atom is -0.382 e. The van der Waals surface area contributed by atoms with E-state index in [0.717, 1.165) is 25.1 Å². The lowest BCUT2D eigenvalue weighted by Crippen LogP contribution is -2.41. The van der Waals surface area contributed by atoms with Gasteiger partial charge in [-0.05, 0) is 61.0 Å². The average Bonchev–Trinajstić information content (AvgIpc) is 2.28. The molecule has 1 aliphatic heterocycles. The highest BCUT2D eigenvalue weighted by molar-refractivity contribution is 14.1. The molecule has 18 heavy (non-hydrogen) atoms. The molecule has 0 aliphatic carbocycles. The van der Waals surface area contributed by atoms with Crippen LogP contribution in [0.2, 0.25) is 0 Å². The van der Waals surface area contributed by atoms with Gasteiger partial charge in [0.2, 0.25) is 0 Å². The number of nitrogens with one attached hydrogen (secondary N) is 2. The summed E-state index contributed by atoms with van der Waals surface area (Å²) in [5.74, 6) is 0. The van der Waals surface area contributed by atoms with E-state index in [4.69, 9.17) is 0 Å². The zero-order valence-corrected chi connectivity index (χ0v) is 12.3. The lowest BCUT2D eigenvalue weighted by Gasteiger charge is -2.29. The lowest BCUT2D eigenvalue weighted by atomic mass is 10.0. The third-order valence-corrected chi connectivity index (χ3v) is 4.00. The Kier molecular flexibility index (Phi) is 4.39. The monoisotopic (exact) mass is 361 g/mol. The molecule has 5 nitrogen and oxygen atoms in total. The zero-order chi connectivity index (χ0) is 13.1. The molecular formula is C12H16IN3O2. The molecule has 98 valence electrons. The molecule has 2 atom stereocenters.